The van der Waals surface area contributed by atoms with Gasteiger partial charge in [0.15, 0.2) is 0 Å². The van der Waals surface area contributed by atoms with E-state index in [1.54, 1.807) is 12.1 Å². The van der Waals surface area contributed by atoms with Crippen molar-refractivity contribution in [2.24, 2.45) is 0 Å². The van der Waals surface area contributed by atoms with Crippen molar-refractivity contribution in [3.05, 3.63) is 71.5 Å². The zero-order valence-corrected chi connectivity index (χ0v) is 14.6. The topological polar surface area (TPSA) is 47.6 Å². The summed E-state index contributed by atoms with van der Waals surface area (Å²) in [6.45, 7) is 2.93. The highest BCUT2D eigenvalue weighted by atomic mass is 19.1. The fourth-order valence-corrected chi connectivity index (χ4v) is 3.72. The van der Waals surface area contributed by atoms with E-state index in [4.69, 9.17) is 0 Å². The van der Waals surface area contributed by atoms with E-state index < -0.39 is 0 Å². The SMILES string of the molecule is O=C(c1cccc(F)c1)N1CCN(C2CC(c3ccccc3)NN2)CC1. The number of hydrogen-bond acceptors (Lipinski definition) is 4. The number of hydrazine groups is 1. The molecule has 2 aliphatic rings. The van der Waals surface area contributed by atoms with Gasteiger partial charge in [0, 0.05) is 37.8 Å². The number of piperazine rings is 1. The molecular weight excluding hydrogens is 331 g/mol. The quantitative estimate of drug-likeness (QED) is 0.887. The van der Waals surface area contributed by atoms with Crippen molar-refractivity contribution in [3.8, 4) is 0 Å². The third-order valence-electron chi connectivity index (χ3n) is 5.20. The van der Waals surface area contributed by atoms with E-state index in [2.05, 4.69) is 40.0 Å². The van der Waals surface area contributed by atoms with Crippen LogP contribution in [0.15, 0.2) is 54.6 Å². The van der Waals surface area contributed by atoms with Gasteiger partial charge in [-0.25, -0.2) is 15.2 Å². The molecule has 2 atom stereocenters. The molecule has 26 heavy (non-hydrogen) atoms. The number of carbonyl (C=O) groups excluding carboxylic acids is 1. The van der Waals surface area contributed by atoms with Crippen molar-refractivity contribution in [1.29, 1.82) is 0 Å². The average Bonchev–Trinajstić information content (AvgIpc) is 3.18. The highest BCUT2D eigenvalue weighted by Gasteiger charge is 2.32. The lowest BCUT2D eigenvalue weighted by molar-refractivity contribution is 0.0544. The predicted octanol–water partition coefficient (Wildman–Crippen LogP) is 2.15. The lowest BCUT2D eigenvalue weighted by Gasteiger charge is -2.37. The first-order valence-electron chi connectivity index (χ1n) is 9.05. The summed E-state index contributed by atoms with van der Waals surface area (Å²) in [5, 5.41) is 0. The maximum atomic E-state index is 13.3. The Labute approximate surface area is 152 Å². The van der Waals surface area contributed by atoms with Gasteiger partial charge < -0.3 is 4.90 Å². The van der Waals surface area contributed by atoms with E-state index in [0.717, 1.165) is 19.5 Å². The molecule has 0 spiro atoms. The molecule has 2 heterocycles. The first kappa shape index (κ1) is 17.1. The van der Waals surface area contributed by atoms with Crippen LogP contribution in [0, 0.1) is 5.82 Å². The molecule has 0 aliphatic carbocycles. The summed E-state index contributed by atoms with van der Waals surface area (Å²) in [4.78, 5) is 16.7. The maximum Gasteiger partial charge on any atom is 0.254 e. The van der Waals surface area contributed by atoms with Crippen molar-refractivity contribution in [2.75, 3.05) is 26.2 Å². The lowest BCUT2D eigenvalue weighted by Crippen LogP contribution is -2.55. The molecule has 2 fully saturated rings. The molecule has 0 radical (unpaired) electrons. The fourth-order valence-electron chi connectivity index (χ4n) is 3.72. The van der Waals surface area contributed by atoms with Crippen LogP contribution in [-0.2, 0) is 0 Å². The van der Waals surface area contributed by atoms with Gasteiger partial charge in [-0.15, -0.1) is 0 Å². The molecule has 0 aromatic heterocycles. The molecule has 2 aliphatic heterocycles. The number of carbonyl (C=O) groups is 1. The number of nitrogens with zero attached hydrogens (tertiary/aromatic N) is 2. The number of amides is 1. The van der Waals surface area contributed by atoms with Gasteiger partial charge in [-0.2, -0.15) is 0 Å². The minimum atomic E-state index is -0.373. The van der Waals surface area contributed by atoms with Gasteiger partial charge >= 0.3 is 0 Å². The molecule has 6 heteroatoms. The Morgan fingerprint density at radius 3 is 2.46 bits per heavy atom. The lowest BCUT2D eigenvalue weighted by atomic mass is 10.0. The third-order valence-corrected chi connectivity index (χ3v) is 5.20. The summed E-state index contributed by atoms with van der Waals surface area (Å²) in [5.74, 6) is -0.466. The maximum absolute atomic E-state index is 13.3. The van der Waals surface area contributed by atoms with Gasteiger partial charge in [0.05, 0.1) is 6.17 Å². The normalized spacial score (nSPS) is 24.0. The second kappa shape index (κ2) is 7.53. The smallest absolute Gasteiger partial charge is 0.254 e. The van der Waals surface area contributed by atoms with Gasteiger partial charge in [0.2, 0.25) is 0 Å². The summed E-state index contributed by atoms with van der Waals surface area (Å²) < 4.78 is 13.3. The average molecular weight is 354 g/mol. The van der Waals surface area contributed by atoms with E-state index >= 15 is 0 Å². The Bertz CT molecular complexity index is 761. The monoisotopic (exact) mass is 354 g/mol. The van der Waals surface area contributed by atoms with E-state index in [-0.39, 0.29) is 17.9 Å². The zero-order valence-electron chi connectivity index (χ0n) is 14.6. The van der Waals surface area contributed by atoms with Crippen molar-refractivity contribution < 1.29 is 9.18 Å². The number of hydrogen-bond donors (Lipinski definition) is 2. The molecule has 2 aromatic rings. The van der Waals surface area contributed by atoms with Gasteiger partial charge in [-0.3, -0.25) is 9.69 Å². The Morgan fingerprint density at radius 1 is 0.962 bits per heavy atom. The summed E-state index contributed by atoms with van der Waals surface area (Å²) >= 11 is 0. The second-order valence-corrected chi connectivity index (χ2v) is 6.84. The summed E-state index contributed by atoms with van der Waals surface area (Å²) in [5.41, 5.74) is 8.45. The van der Waals surface area contributed by atoms with Gasteiger partial charge in [-0.05, 0) is 30.2 Å². The Kier molecular flexibility index (Phi) is 4.97. The van der Waals surface area contributed by atoms with Crippen molar-refractivity contribution in [2.45, 2.75) is 18.6 Å². The van der Waals surface area contributed by atoms with Crippen LogP contribution in [0.2, 0.25) is 0 Å². The van der Waals surface area contributed by atoms with Crippen LogP contribution in [0.5, 0.6) is 0 Å². The molecule has 4 rings (SSSR count). The summed E-state index contributed by atoms with van der Waals surface area (Å²) in [6.07, 6.45) is 1.24. The minimum Gasteiger partial charge on any atom is -0.336 e. The molecular formula is C20H23FN4O. The molecule has 5 nitrogen and oxygen atoms in total. The third kappa shape index (κ3) is 3.62. The number of rotatable bonds is 3. The Hall–Kier alpha value is -2.28. The van der Waals surface area contributed by atoms with Crippen molar-refractivity contribution in [3.63, 3.8) is 0 Å². The van der Waals surface area contributed by atoms with Gasteiger partial charge in [0.25, 0.3) is 5.91 Å². The van der Waals surface area contributed by atoms with Crippen LogP contribution in [0.3, 0.4) is 0 Å². The summed E-state index contributed by atoms with van der Waals surface area (Å²) in [6, 6.07) is 16.6. The highest BCUT2D eigenvalue weighted by molar-refractivity contribution is 5.94. The first-order valence-corrected chi connectivity index (χ1v) is 9.05. The predicted molar refractivity (Wildman–Crippen MR) is 97.7 cm³/mol. The van der Waals surface area contributed by atoms with Gasteiger partial charge in [0.1, 0.15) is 5.82 Å². The molecule has 2 N–H and O–H groups in total. The van der Waals surface area contributed by atoms with Crippen LogP contribution in [-0.4, -0.2) is 48.1 Å². The minimum absolute atomic E-state index is 0.0937. The van der Waals surface area contributed by atoms with Crippen molar-refractivity contribution in [1.82, 2.24) is 20.7 Å². The Morgan fingerprint density at radius 2 is 1.73 bits per heavy atom. The number of benzene rings is 2. The van der Waals surface area contributed by atoms with E-state index in [0.29, 0.717) is 24.7 Å². The molecule has 0 saturated carbocycles. The molecule has 2 aromatic carbocycles. The van der Waals surface area contributed by atoms with Crippen molar-refractivity contribution >= 4 is 5.91 Å². The van der Waals surface area contributed by atoms with E-state index in [1.165, 1.54) is 17.7 Å². The van der Waals surface area contributed by atoms with Gasteiger partial charge in [-0.1, -0.05) is 36.4 Å². The van der Waals surface area contributed by atoms with E-state index in [1.807, 2.05) is 11.0 Å². The molecule has 1 amide bonds. The summed E-state index contributed by atoms with van der Waals surface area (Å²) in [7, 11) is 0. The highest BCUT2D eigenvalue weighted by Crippen LogP contribution is 2.24. The standard InChI is InChI=1S/C20H23FN4O/c21-17-8-4-7-16(13-17)20(26)25-11-9-24(10-12-25)19-14-18(22-23-19)15-5-2-1-3-6-15/h1-8,13,18-19,22-23H,9-12,14H2. The van der Waals surface area contributed by atoms with Crippen LogP contribution in [0.4, 0.5) is 4.39 Å². The number of halogens is 1. The Balaban J connectivity index is 1.32. The number of nitrogens with one attached hydrogen (secondary N) is 2. The molecule has 136 valence electrons. The fraction of sp³-hybridized carbons (Fsp3) is 0.350. The molecule has 2 saturated heterocycles. The van der Waals surface area contributed by atoms with Crippen LogP contribution in [0.25, 0.3) is 0 Å². The molecule has 0 bridgehead atoms. The van der Waals surface area contributed by atoms with E-state index in [9.17, 15) is 9.18 Å². The second-order valence-electron chi connectivity index (χ2n) is 6.84. The molecule has 2 unspecified atom stereocenters. The van der Waals surface area contributed by atoms with Crippen LogP contribution >= 0.6 is 0 Å². The zero-order chi connectivity index (χ0) is 17.9. The largest absolute Gasteiger partial charge is 0.336 e. The first-order chi connectivity index (χ1) is 12.7. The van der Waals surface area contributed by atoms with Crippen LogP contribution in [0.1, 0.15) is 28.4 Å². The van der Waals surface area contributed by atoms with Crippen LogP contribution < -0.4 is 10.9 Å².